The summed E-state index contributed by atoms with van der Waals surface area (Å²) >= 11 is 0. The quantitative estimate of drug-likeness (QED) is 0.125. The predicted molar refractivity (Wildman–Crippen MR) is 224 cm³/mol. The Morgan fingerprint density at radius 2 is 1.33 bits per heavy atom. The third-order valence-electron chi connectivity index (χ3n) is 18.9. The zero-order chi connectivity index (χ0) is 46.9. The maximum Gasteiger partial charge on any atom is 0.335 e. The van der Waals surface area contributed by atoms with Crippen LogP contribution in [-0.2, 0) is 38.0 Å². The molecule has 0 bridgehead atoms. The molecule has 364 valence electrons. The van der Waals surface area contributed by atoms with E-state index < -0.39 is 109 Å². The highest BCUT2D eigenvalue weighted by molar-refractivity contribution is 5.76. The van der Waals surface area contributed by atoms with Crippen LogP contribution in [0.25, 0.3) is 0 Å². The fraction of sp³-hybridized carbons (Fsp3) is 0.915. The molecule has 8 aliphatic rings. The van der Waals surface area contributed by atoms with Crippen LogP contribution in [0.1, 0.15) is 120 Å². The first kappa shape index (κ1) is 48.6. The Labute approximate surface area is 375 Å². The maximum absolute atomic E-state index is 13.1. The van der Waals surface area contributed by atoms with Gasteiger partial charge in [0.1, 0.15) is 54.9 Å². The molecule has 5 aliphatic carbocycles. The van der Waals surface area contributed by atoms with E-state index in [1.54, 1.807) is 0 Å². The van der Waals surface area contributed by atoms with Gasteiger partial charge < -0.3 is 74.4 Å². The number of fused-ring (bicyclic) bond motifs is 7. The van der Waals surface area contributed by atoms with E-state index in [0.717, 1.165) is 51.4 Å². The number of rotatable bonds is 8. The minimum absolute atomic E-state index is 0.0251. The van der Waals surface area contributed by atoms with Gasteiger partial charge in [0.25, 0.3) is 0 Å². The standard InChI is InChI=1S/C47H74O17/c1-21-28(49)34(62-38-32(53)30(51)31(52)35(63-38)37(55)56)33(54)39(60-21)64-36-29(50)24(48)20-59-40(36)61-27-12-13-44(6)25(43(27,4)5)11-14-46(8)26(44)10-9-22-23-19-42(2,3)15-17-47(23,41(57)58)18-16-45(22,46)7/h9,21,23-36,38-40,48-54H,10-20H2,1-8H3,(H,55,56)(H,57,58)/t21-,23+,24-,25+,26-,27+,28-,29-,30+,31+,32-,33+,34+,35+,36+,38-,39-,40-,44+,45-,46-,47+/m1/s1. The fourth-order valence-electron chi connectivity index (χ4n) is 14.8. The van der Waals surface area contributed by atoms with Crippen molar-refractivity contribution in [1.82, 2.24) is 0 Å². The van der Waals surface area contributed by atoms with E-state index in [-0.39, 0.29) is 46.2 Å². The normalized spacial score (nSPS) is 53.4. The van der Waals surface area contributed by atoms with Crippen molar-refractivity contribution in [3.8, 4) is 0 Å². The van der Waals surface area contributed by atoms with Crippen molar-refractivity contribution in [3.63, 3.8) is 0 Å². The molecule has 17 nitrogen and oxygen atoms in total. The lowest BCUT2D eigenvalue weighted by molar-refractivity contribution is -0.381. The lowest BCUT2D eigenvalue weighted by atomic mass is 9.33. The summed E-state index contributed by atoms with van der Waals surface area (Å²) < 4.78 is 35.9. The number of carbonyl (C=O) groups is 2. The van der Waals surface area contributed by atoms with Crippen LogP contribution in [0.3, 0.4) is 0 Å². The second kappa shape index (κ2) is 16.7. The number of aliphatic hydroxyl groups is 7. The number of carboxylic acid groups (broad SMARTS) is 2. The Morgan fingerprint density at radius 1 is 0.672 bits per heavy atom. The number of hydrogen-bond acceptors (Lipinski definition) is 15. The molecule has 8 rings (SSSR count). The van der Waals surface area contributed by atoms with Gasteiger partial charge >= 0.3 is 11.9 Å². The van der Waals surface area contributed by atoms with E-state index >= 15 is 0 Å². The molecule has 4 saturated carbocycles. The second-order valence-corrected chi connectivity index (χ2v) is 23.0. The van der Waals surface area contributed by atoms with E-state index in [1.807, 2.05) is 0 Å². The molecule has 0 radical (unpaired) electrons. The Balaban J connectivity index is 0.999. The van der Waals surface area contributed by atoms with Crippen molar-refractivity contribution in [2.75, 3.05) is 6.61 Å². The number of allylic oxidation sites excluding steroid dienone is 2. The first-order valence-electron chi connectivity index (χ1n) is 23.6. The molecule has 3 saturated heterocycles. The predicted octanol–water partition coefficient (Wildman–Crippen LogP) is 2.47. The number of hydrogen-bond donors (Lipinski definition) is 9. The lowest BCUT2D eigenvalue weighted by Crippen LogP contribution is -2.66. The van der Waals surface area contributed by atoms with Crippen molar-refractivity contribution in [2.45, 2.75) is 212 Å². The minimum atomic E-state index is -1.99. The molecule has 64 heavy (non-hydrogen) atoms. The van der Waals surface area contributed by atoms with E-state index in [1.165, 1.54) is 12.5 Å². The first-order valence-corrected chi connectivity index (χ1v) is 23.6. The molecule has 22 atom stereocenters. The van der Waals surface area contributed by atoms with Gasteiger partial charge in [-0.05, 0) is 116 Å². The molecule has 3 aliphatic heterocycles. The SMILES string of the molecule is C[C@H]1O[C@H](O[C@@H]2[C@@H](O[C@H]3CC[C@]4(C)[C@H]5CC=C6[C@@H]7CC(C)(C)CC[C@]7(C(=O)O)CC[C@@]6(C)[C@]5(C)CC[C@H]4C3(C)C)OC[C@@H](O)[C@H]2O)[C@@H](O)[C@@H](O[C@@H]2O[C@H](C(=O)O)[C@@H](O)[C@H](O)[C@H]2O)[C@@H]1O. The topological polar surface area (TPSA) is 272 Å². The van der Waals surface area contributed by atoms with Crippen molar-refractivity contribution in [2.24, 2.45) is 50.2 Å². The van der Waals surface area contributed by atoms with Gasteiger partial charge in [-0.15, -0.1) is 0 Å². The second-order valence-electron chi connectivity index (χ2n) is 23.0. The van der Waals surface area contributed by atoms with Crippen LogP contribution in [0.5, 0.6) is 0 Å². The molecule has 3 heterocycles. The maximum atomic E-state index is 13.1. The summed E-state index contributed by atoms with van der Waals surface area (Å²) in [6.45, 7) is 17.5. The van der Waals surface area contributed by atoms with Crippen molar-refractivity contribution in [3.05, 3.63) is 11.6 Å². The molecule has 0 amide bonds. The van der Waals surface area contributed by atoms with Crippen molar-refractivity contribution in [1.29, 1.82) is 0 Å². The molecule has 0 unspecified atom stereocenters. The zero-order valence-electron chi connectivity index (χ0n) is 38.5. The molecular formula is C47H74O17. The summed E-state index contributed by atoms with van der Waals surface area (Å²) in [6.07, 6.45) is -12.8. The van der Waals surface area contributed by atoms with E-state index in [2.05, 4.69) is 54.5 Å². The van der Waals surface area contributed by atoms with E-state index in [9.17, 15) is 55.5 Å². The summed E-state index contributed by atoms with van der Waals surface area (Å²) in [7, 11) is 0. The van der Waals surface area contributed by atoms with Gasteiger partial charge in [0, 0.05) is 0 Å². The minimum Gasteiger partial charge on any atom is -0.481 e. The Morgan fingerprint density at radius 3 is 2.00 bits per heavy atom. The van der Waals surface area contributed by atoms with Gasteiger partial charge in [0.2, 0.25) is 0 Å². The molecular weight excluding hydrogens is 837 g/mol. The van der Waals surface area contributed by atoms with Crippen LogP contribution < -0.4 is 0 Å². The summed E-state index contributed by atoms with van der Waals surface area (Å²) in [5.41, 5.74) is 0.0959. The summed E-state index contributed by atoms with van der Waals surface area (Å²) in [5.74, 6) is -1.68. The molecule has 0 aromatic heterocycles. The summed E-state index contributed by atoms with van der Waals surface area (Å²) in [4.78, 5) is 24.8. The Bertz CT molecular complexity index is 1810. The molecule has 17 heteroatoms. The van der Waals surface area contributed by atoms with Crippen LogP contribution in [0.4, 0.5) is 0 Å². The number of carboxylic acids is 2. The molecule has 7 fully saturated rings. The Hall–Kier alpha value is -1.84. The van der Waals surface area contributed by atoms with Crippen molar-refractivity contribution >= 4 is 11.9 Å². The van der Waals surface area contributed by atoms with Crippen LogP contribution in [0.15, 0.2) is 11.6 Å². The molecule has 0 spiro atoms. The number of aliphatic carboxylic acids is 2. The number of aliphatic hydroxyl groups excluding tert-OH is 7. The average molecular weight is 911 g/mol. The lowest BCUT2D eigenvalue weighted by Gasteiger charge is -2.71. The van der Waals surface area contributed by atoms with Crippen LogP contribution >= 0.6 is 0 Å². The van der Waals surface area contributed by atoms with Gasteiger partial charge in [-0.3, -0.25) is 4.79 Å². The highest BCUT2D eigenvalue weighted by atomic mass is 16.8. The highest BCUT2D eigenvalue weighted by Crippen LogP contribution is 2.76. The van der Waals surface area contributed by atoms with E-state index in [4.69, 9.17) is 28.4 Å². The third-order valence-corrected chi connectivity index (χ3v) is 18.9. The summed E-state index contributed by atoms with van der Waals surface area (Å²) in [5, 5.41) is 96.1. The van der Waals surface area contributed by atoms with Crippen LogP contribution in [0.2, 0.25) is 0 Å². The van der Waals surface area contributed by atoms with Crippen LogP contribution in [-0.4, -0.2) is 157 Å². The molecule has 0 aromatic carbocycles. The monoisotopic (exact) mass is 910 g/mol. The number of ether oxygens (including phenoxy) is 6. The average Bonchev–Trinajstić information content (AvgIpc) is 3.21. The zero-order valence-corrected chi connectivity index (χ0v) is 38.5. The van der Waals surface area contributed by atoms with Gasteiger partial charge in [-0.2, -0.15) is 0 Å². The largest absolute Gasteiger partial charge is 0.481 e. The third kappa shape index (κ3) is 7.45. The van der Waals surface area contributed by atoms with Gasteiger partial charge in [0.15, 0.2) is 25.0 Å². The molecule has 9 N–H and O–H groups in total. The van der Waals surface area contributed by atoms with Gasteiger partial charge in [-0.1, -0.05) is 60.1 Å². The first-order chi connectivity index (χ1) is 29.7. The summed E-state index contributed by atoms with van der Waals surface area (Å²) in [6, 6.07) is 0. The highest BCUT2D eigenvalue weighted by Gasteiger charge is 2.70. The molecule has 0 aromatic rings. The van der Waals surface area contributed by atoms with Gasteiger partial charge in [-0.25, -0.2) is 4.79 Å². The Kier molecular flexibility index (Phi) is 12.7. The fourth-order valence-corrected chi connectivity index (χ4v) is 14.8. The van der Waals surface area contributed by atoms with Crippen LogP contribution in [0, 0.1) is 50.2 Å². The smallest absolute Gasteiger partial charge is 0.335 e. The van der Waals surface area contributed by atoms with Gasteiger partial charge in [0.05, 0.1) is 24.2 Å². The van der Waals surface area contributed by atoms with E-state index in [0.29, 0.717) is 18.8 Å². The van der Waals surface area contributed by atoms with Crippen molar-refractivity contribution < 1.29 is 84.0 Å².